The first-order valence-corrected chi connectivity index (χ1v) is 16.1. The molecule has 230 valence electrons. The zero-order valence-corrected chi connectivity index (χ0v) is 26.0. The van der Waals surface area contributed by atoms with Crippen LogP contribution in [0.5, 0.6) is 0 Å². The van der Waals surface area contributed by atoms with Crippen LogP contribution < -0.4 is 9.62 Å². The Morgan fingerprint density at radius 2 is 1.41 bits per heavy atom. The van der Waals surface area contributed by atoms with Crippen molar-refractivity contribution in [1.82, 2.24) is 10.2 Å². The lowest BCUT2D eigenvalue weighted by Crippen LogP contribution is -2.54. The van der Waals surface area contributed by atoms with E-state index in [2.05, 4.69) is 5.32 Å². The molecule has 4 rings (SSSR count). The Hall–Kier alpha value is -4.50. The largest absolute Gasteiger partial charge is 0.352 e. The molecule has 2 amide bonds. The lowest BCUT2D eigenvalue weighted by molar-refractivity contribution is -0.140. The number of aryl methyl sites for hydroxylation is 1. The molecule has 44 heavy (non-hydrogen) atoms. The minimum atomic E-state index is -4.18. The van der Waals surface area contributed by atoms with Crippen molar-refractivity contribution in [2.45, 2.75) is 57.1 Å². The summed E-state index contributed by atoms with van der Waals surface area (Å²) in [5, 5.41) is 3.01. The van der Waals surface area contributed by atoms with E-state index in [0.29, 0.717) is 23.2 Å². The van der Waals surface area contributed by atoms with Crippen molar-refractivity contribution in [3.05, 3.63) is 132 Å². The average Bonchev–Trinajstić information content (AvgIpc) is 3.03. The summed E-state index contributed by atoms with van der Waals surface area (Å²) in [6.45, 7) is 5.03. The Kier molecular flexibility index (Phi) is 10.9. The van der Waals surface area contributed by atoms with Crippen molar-refractivity contribution in [3.63, 3.8) is 0 Å². The van der Waals surface area contributed by atoms with Crippen LogP contribution in [0.25, 0.3) is 0 Å². The molecule has 0 saturated carbocycles. The van der Waals surface area contributed by atoms with E-state index in [1.807, 2.05) is 44.2 Å². The van der Waals surface area contributed by atoms with Crippen LogP contribution >= 0.6 is 0 Å². The molecule has 2 atom stereocenters. The minimum Gasteiger partial charge on any atom is -0.352 e. The molecule has 1 N–H and O–H groups in total. The highest BCUT2D eigenvalue weighted by atomic mass is 32.2. The van der Waals surface area contributed by atoms with Crippen LogP contribution in [0, 0.1) is 12.7 Å². The van der Waals surface area contributed by atoms with Crippen molar-refractivity contribution in [2.75, 3.05) is 10.8 Å². The molecular weight excluding hydrogens is 577 g/mol. The summed E-state index contributed by atoms with van der Waals surface area (Å²) in [6.07, 6.45) is 0.887. The third kappa shape index (κ3) is 8.11. The molecule has 0 fully saturated rings. The molecule has 0 aliphatic carbocycles. The zero-order chi connectivity index (χ0) is 31.7. The summed E-state index contributed by atoms with van der Waals surface area (Å²) >= 11 is 0. The summed E-state index contributed by atoms with van der Waals surface area (Å²) in [6, 6.07) is 28.8. The fraction of sp³-hybridized carbons (Fsp3) is 0.257. The molecular formula is C35H38FN3O4S. The molecule has 4 aromatic rings. The fourth-order valence-corrected chi connectivity index (χ4v) is 6.36. The van der Waals surface area contributed by atoms with Gasteiger partial charge >= 0.3 is 0 Å². The third-order valence-electron chi connectivity index (χ3n) is 7.53. The first-order valence-electron chi connectivity index (χ1n) is 14.6. The van der Waals surface area contributed by atoms with Gasteiger partial charge in [-0.15, -0.1) is 0 Å². The lowest BCUT2D eigenvalue weighted by atomic mass is 10.0. The van der Waals surface area contributed by atoms with E-state index >= 15 is 0 Å². The molecule has 9 heteroatoms. The van der Waals surface area contributed by atoms with Gasteiger partial charge in [0, 0.05) is 19.0 Å². The number of hydrogen-bond acceptors (Lipinski definition) is 4. The van der Waals surface area contributed by atoms with Crippen LogP contribution in [0.1, 0.15) is 37.0 Å². The maximum Gasteiger partial charge on any atom is 0.264 e. The van der Waals surface area contributed by atoms with E-state index in [9.17, 15) is 22.4 Å². The van der Waals surface area contributed by atoms with E-state index in [4.69, 9.17) is 0 Å². The highest BCUT2D eigenvalue weighted by molar-refractivity contribution is 7.92. The van der Waals surface area contributed by atoms with Gasteiger partial charge in [-0.1, -0.05) is 85.8 Å². The van der Waals surface area contributed by atoms with Crippen LogP contribution in [0.3, 0.4) is 0 Å². The summed E-state index contributed by atoms with van der Waals surface area (Å²) in [5.41, 5.74) is 2.46. The van der Waals surface area contributed by atoms with E-state index in [1.54, 1.807) is 61.5 Å². The SMILES string of the molecule is CC[C@@H](C)NC(=O)[C@H](Cc1ccccc1)N(Cc1ccc(F)cc1)C(=O)CN(c1ccccc1C)S(=O)(=O)c1ccccc1. The average molecular weight is 616 g/mol. The van der Waals surface area contributed by atoms with Crippen LogP contribution in [0.15, 0.2) is 114 Å². The van der Waals surface area contributed by atoms with Gasteiger partial charge in [0.1, 0.15) is 18.4 Å². The second-order valence-electron chi connectivity index (χ2n) is 10.8. The normalized spacial score (nSPS) is 12.6. The van der Waals surface area contributed by atoms with E-state index in [1.165, 1.54) is 29.2 Å². The number of rotatable bonds is 13. The van der Waals surface area contributed by atoms with Crippen LogP contribution in [0.2, 0.25) is 0 Å². The molecule has 0 aromatic heterocycles. The number of amides is 2. The molecule has 0 unspecified atom stereocenters. The molecule has 7 nitrogen and oxygen atoms in total. The summed E-state index contributed by atoms with van der Waals surface area (Å²) in [5.74, 6) is -1.36. The topological polar surface area (TPSA) is 86.8 Å². The van der Waals surface area contributed by atoms with Crippen LogP contribution in [-0.4, -0.2) is 43.8 Å². The first kappa shape index (κ1) is 32.4. The van der Waals surface area contributed by atoms with E-state index < -0.39 is 34.3 Å². The number of nitrogens with zero attached hydrogens (tertiary/aromatic N) is 2. The van der Waals surface area contributed by atoms with Gasteiger partial charge in [-0.2, -0.15) is 0 Å². The van der Waals surface area contributed by atoms with Crippen molar-refractivity contribution in [3.8, 4) is 0 Å². The Morgan fingerprint density at radius 1 is 0.818 bits per heavy atom. The van der Waals surface area contributed by atoms with Gasteiger partial charge in [0.15, 0.2) is 0 Å². The van der Waals surface area contributed by atoms with Gasteiger partial charge in [-0.3, -0.25) is 13.9 Å². The second-order valence-corrected chi connectivity index (χ2v) is 12.6. The molecule has 0 spiro atoms. The van der Waals surface area contributed by atoms with Crippen molar-refractivity contribution in [1.29, 1.82) is 0 Å². The number of benzene rings is 4. The summed E-state index contributed by atoms with van der Waals surface area (Å²) in [4.78, 5) is 29.7. The maximum absolute atomic E-state index is 14.4. The third-order valence-corrected chi connectivity index (χ3v) is 9.31. The second kappa shape index (κ2) is 14.8. The van der Waals surface area contributed by atoms with E-state index in [-0.39, 0.29) is 29.8 Å². The van der Waals surface area contributed by atoms with Crippen molar-refractivity contribution < 1.29 is 22.4 Å². The Labute approximate surface area is 259 Å². The van der Waals surface area contributed by atoms with Gasteiger partial charge < -0.3 is 10.2 Å². The number of carbonyl (C=O) groups is 2. The van der Waals surface area contributed by atoms with Crippen molar-refractivity contribution in [2.24, 2.45) is 0 Å². The summed E-state index contributed by atoms with van der Waals surface area (Å²) < 4.78 is 43.0. The molecule has 4 aromatic carbocycles. The highest BCUT2D eigenvalue weighted by Gasteiger charge is 2.35. The first-order chi connectivity index (χ1) is 21.1. The standard InChI is InChI=1S/C35H38FN3O4S/c1-4-27(3)37-35(41)33(23-28-14-7-5-8-15-28)38(24-29-19-21-30(36)22-20-29)34(40)25-39(32-18-12-11-13-26(32)2)44(42,43)31-16-9-6-10-17-31/h5-22,27,33H,4,23-25H2,1-3H3,(H,37,41)/t27-,33+/m1/s1. The zero-order valence-electron chi connectivity index (χ0n) is 25.2. The number of halogens is 1. The predicted octanol–water partition coefficient (Wildman–Crippen LogP) is 5.88. The van der Waals surface area contributed by atoms with Gasteiger partial charge in [-0.25, -0.2) is 12.8 Å². The summed E-state index contributed by atoms with van der Waals surface area (Å²) in [7, 11) is -4.18. The molecule has 0 aliphatic rings. The smallest absolute Gasteiger partial charge is 0.264 e. The Morgan fingerprint density at radius 3 is 2.02 bits per heavy atom. The number of para-hydroxylation sites is 1. The molecule has 0 bridgehead atoms. The minimum absolute atomic E-state index is 0.0302. The predicted molar refractivity (Wildman–Crippen MR) is 171 cm³/mol. The van der Waals surface area contributed by atoms with Gasteiger partial charge in [-0.05, 0) is 67.3 Å². The quantitative estimate of drug-likeness (QED) is 0.203. The number of sulfonamides is 1. The number of anilines is 1. The Balaban J connectivity index is 1.81. The van der Waals surface area contributed by atoms with E-state index in [0.717, 1.165) is 9.87 Å². The Bertz CT molecular complexity index is 1650. The van der Waals surface area contributed by atoms with Gasteiger partial charge in [0.2, 0.25) is 11.8 Å². The monoisotopic (exact) mass is 615 g/mol. The van der Waals surface area contributed by atoms with Gasteiger partial charge in [0.05, 0.1) is 10.6 Å². The van der Waals surface area contributed by atoms with Gasteiger partial charge in [0.25, 0.3) is 10.0 Å². The molecule has 0 heterocycles. The lowest BCUT2D eigenvalue weighted by Gasteiger charge is -2.34. The number of nitrogens with one attached hydrogen (secondary N) is 1. The highest BCUT2D eigenvalue weighted by Crippen LogP contribution is 2.27. The maximum atomic E-state index is 14.4. The number of carbonyl (C=O) groups excluding carboxylic acids is 2. The number of hydrogen-bond donors (Lipinski definition) is 1. The van der Waals surface area contributed by atoms with Crippen LogP contribution in [-0.2, 0) is 32.6 Å². The molecule has 0 saturated heterocycles. The fourth-order valence-electron chi connectivity index (χ4n) is 4.86. The van der Waals surface area contributed by atoms with Crippen molar-refractivity contribution >= 4 is 27.5 Å². The molecule has 0 radical (unpaired) electrons. The molecule has 0 aliphatic heterocycles. The van der Waals surface area contributed by atoms with Crippen LogP contribution in [0.4, 0.5) is 10.1 Å².